The predicted molar refractivity (Wildman–Crippen MR) is 47.7 cm³/mol. The van der Waals surface area contributed by atoms with Gasteiger partial charge in [0.15, 0.2) is 0 Å². The van der Waals surface area contributed by atoms with Crippen LogP contribution in [-0.2, 0) is 6.54 Å². The summed E-state index contributed by atoms with van der Waals surface area (Å²) < 4.78 is 1.87. The Bertz CT molecular complexity index is 219. The van der Waals surface area contributed by atoms with Crippen LogP contribution in [0.25, 0.3) is 0 Å². The molecule has 0 saturated carbocycles. The highest BCUT2D eigenvalue weighted by Crippen LogP contribution is 2.17. The lowest BCUT2D eigenvalue weighted by atomic mass is 10.4. The van der Waals surface area contributed by atoms with Crippen molar-refractivity contribution in [3.05, 3.63) is 11.9 Å². The maximum absolute atomic E-state index is 4.00. The fourth-order valence-electron chi connectivity index (χ4n) is 0.834. The summed E-state index contributed by atoms with van der Waals surface area (Å²) in [6, 6.07) is 0. The van der Waals surface area contributed by atoms with E-state index in [-0.39, 0.29) is 0 Å². The van der Waals surface area contributed by atoms with Crippen molar-refractivity contribution in [2.45, 2.75) is 31.6 Å². The van der Waals surface area contributed by atoms with Crippen LogP contribution < -0.4 is 0 Å². The largest absolute Gasteiger partial charge is 0.252 e. The van der Waals surface area contributed by atoms with E-state index in [2.05, 4.69) is 33.2 Å². The molecule has 1 heterocycles. The van der Waals surface area contributed by atoms with Gasteiger partial charge < -0.3 is 0 Å². The zero-order valence-corrected chi connectivity index (χ0v) is 8.37. The minimum atomic E-state index is 0.299. The summed E-state index contributed by atoms with van der Waals surface area (Å²) in [5.41, 5.74) is 0.999. The minimum Gasteiger partial charge on any atom is -0.252 e. The van der Waals surface area contributed by atoms with E-state index in [9.17, 15) is 0 Å². The van der Waals surface area contributed by atoms with Crippen LogP contribution in [0.1, 0.15) is 30.8 Å². The van der Waals surface area contributed by atoms with Crippen molar-refractivity contribution >= 4 is 15.9 Å². The fourth-order valence-corrected chi connectivity index (χ4v) is 1.04. The van der Waals surface area contributed by atoms with E-state index in [1.807, 2.05) is 17.8 Å². The van der Waals surface area contributed by atoms with Gasteiger partial charge in [-0.05, 0) is 13.3 Å². The summed E-state index contributed by atoms with van der Waals surface area (Å²) in [6.45, 7) is 5.12. The Balaban J connectivity index is 2.66. The smallest absolute Gasteiger partial charge is 0.0960 e. The summed E-state index contributed by atoms with van der Waals surface area (Å²) in [5.74, 6) is 0. The van der Waals surface area contributed by atoms with Gasteiger partial charge in [-0.25, -0.2) is 0 Å². The first-order chi connectivity index (χ1) is 5.24. The zero-order chi connectivity index (χ0) is 8.27. The average Bonchev–Trinajstić information content (AvgIpc) is 2.37. The van der Waals surface area contributed by atoms with Gasteiger partial charge in [-0.15, -0.1) is 5.10 Å². The second kappa shape index (κ2) is 3.85. The summed E-state index contributed by atoms with van der Waals surface area (Å²) >= 11 is 3.43. The van der Waals surface area contributed by atoms with Crippen LogP contribution in [0.2, 0.25) is 0 Å². The third-order valence-corrected chi connectivity index (χ3v) is 1.89. The van der Waals surface area contributed by atoms with Crippen LogP contribution in [0, 0.1) is 0 Å². The molecular weight excluding hydrogens is 206 g/mol. The predicted octanol–water partition coefficient (Wildman–Crippen LogP) is 2.14. The van der Waals surface area contributed by atoms with Gasteiger partial charge in [0.25, 0.3) is 0 Å². The summed E-state index contributed by atoms with van der Waals surface area (Å²) in [6.07, 6.45) is 3.07. The number of nitrogens with zero attached hydrogens (tertiary/aromatic N) is 3. The molecule has 1 aromatic rings. The third kappa shape index (κ3) is 2.29. The number of halogens is 1. The van der Waals surface area contributed by atoms with Crippen LogP contribution in [0.15, 0.2) is 6.20 Å². The van der Waals surface area contributed by atoms with E-state index < -0.39 is 0 Å². The highest BCUT2D eigenvalue weighted by Gasteiger charge is 2.04. The number of hydrogen-bond donors (Lipinski definition) is 0. The SMILES string of the molecule is CCCn1cc(C(C)Br)nn1. The van der Waals surface area contributed by atoms with Gasteiger partial charge in [0.1, 0.15) is 0 Å². The fraction of sp³-hybridized carbons (Fsp3) is 0.714. The first-order valence-electron chi connectivity index (χ1n) is 3.78. The molecule has 1 atom stereocenters. The number of alkyl halides is 1. The number of aromatic nitrogens is 3. The number of hydrogen-bond acceptors (Lipinski definition) is 2. The molecule has 0 aliphatic rings. The summed E-state index contributed by atoms with van der Waals surface area (Å²) in [7, 11) is 0. The molecule has 0 amide bonds. The maximum atomic E-state index is 4.00. The molecule has 0 radical (unpaired) electrons. The Kier molecular flexibility index (Phi) is 3.05. The molecule has 4 heteroatoms. The van der Waals surface area contributed by atoms with Crippen LogP contribution in [-0.4, -0.2) is 15.0 Å². The maximum Gasteiger partial charge on any atom is 0.0960 e. The molecule has 0 aliphatic carbocycles. The molecule has 0 bridgehead atoms. The zero-order valence-electron chi connectivity index (χ0n) is 6.79. The van der Waals surface area contributed by atoms with Crippen LogP contribution >= 0.6 is 15.9 Å². The highest BCUT2D eigenvalue weighted by molar-refractivity contribution is 9.09. The average molecular weight is 218 g/mol. The van der Waals surface area contributed by atoms with Crippen LogP contribution in [0.4, 0.5) is 0 Å². The molecule has 1 unspecified atom stereocenters. The lowest BCUT2D eigenvalue weighted by Crippen LogP contribution is -1.96. The lowest BCUT2D eigenvalue weighted by Gasteiger charge is -1.94. The minimum absolute atomic E-state index is 0.299. The monoisotopic (exact) mass is 217 g/mol. The lowest BCUT2D eigenvalue weighted by molar-refractivity contribution is 0.579. The van der Waals surface area contributed by atoms with Crippen LogP contribution in [0.5, 0.6) is 0 Å². The van der Waals surface area contributed by atoms with Crippen molar-refractivity contribution in [2.24, 2.45) is 0 Å². The van der Waals surface area contributed by atoms with Gasteiger partial charge in [0.05, 0.1) is 10.5 Å². The Morgan fingerprint density at radius 1 is 1.73 bits per heavy atom. The Labute approximate surface area is 74.9 Å². The van der Waals surface area contributed by atoms with Crippen LogP contribution in [0.3, 0.4) is 0 Å². The van der Waals surface area contributed by atoms with E-state index in [1.54, 1.807) is 0 Å². The van der Waals surface area contributed by atoms with Gasteiger partial charge in [0.2, 0.25) is 0 Å². The summed E-state index contributed by atoms with van der Waals surface area (Å²) in [4.78, 5) is 0.299. The second-order valence-electron chi connectivity index (χ2n) is 2.52. The molecule has 1 rings (SSSR count). The topological polar surface area (TPSA) is 30.7 Å². The van der Waals surface area contributed by atoms with Gasteiger partial charge in [-0.3, -0.25) is 4.68 Å². The molecule has 1 aromatic heterocycles. The second-order valence-corrected chi connectivity index (χ2v) is 3.90. The molecule has 11 heavy (non-hydrogen) atoms. The van der Waals surface area contributed by atoms with E-state index in [0.29, 0.717) is 4.83 Å². The van der Waals surface area contributed by atoms with Gasteiger partial charge >= 0.3 is 0 Å². The molecule has 3 nitrogen and oxygen atoms in total. The van der Waals surface area contributed by atoms with Crippen molar-refractivity contribution in [3.8, 4) is 0 Å². The Morgan fingerprint density at radius 2 is 2.45 bits per heavy atom. The molecule has 0 spiro atoms. The molecule has 0 aliphatic heterocycles. The molecule has 0 aromatic carbocycles. The van der Waals surface area contributed by atoms with E-state index in [0.717, 1.165) is 18.7 Å². The molecule has 0 N–H and O–H groups in total. The van der Waals surface area contributed by atoms with Gasteiger partial charge in [-0.1, -0.05) is 28.1 Å². The van der Waals surface area contributed by atoms with Crippen molar-refractivity contribution in [1.29, 1.82) is 0 Å². The standard InChI is InChI=1S/C7H12BrN3/c1-3-4-11-5-7(6(2)8)9-10-11/h5-6H,3-4H2,1-2H3. The molecule has 62 valence electrons. The number of rotatable bonds is 3. The number of aryl methyl sites for hydroxylation is 1. The van der Waals surface area contributed by atoms with Crippen molar-refractivity contribution in [1.82, 2.24) is 15.0 Å². The molecule has 0 saturated heterocycles. The van der Waals surface area contributed by atoms with E-state index in [1.165, 1.54) is 0 Å². The van der Waals surface area contributed by atoms with E-state index >= 15 is 0 Å². The first kappa shape index (κ1) is 8.71. The van der Waals surface area contributed by atoms with Gasteiger partial charge in [-0.2, -0.15) is 0 Å². The van der Waals surface area contributed by atoms with Crippen molar-refractivity contribution in [2.75, 3.05) is 0 Å². The van der Waals surface area contributed by atoms with Crippen molar-refractivity contribution in [3.63, 3.8) is 0 Å². The molecular formula is C7H12BrN3. The van der Waals surface area contributed by atoms with Gasteiger partial charge in [0, 0.05) is 12.7 Å². The first-order valence-corrected chi connectivity index (χ1v) is 4.69. The van der Waals surface area contributed by atoms with Crippen molar-refractivity contribution < 1.29 is 0 Å². The Morgan fingerprint density at radius 3 is 2.91 bits per heavy atom. The van der Waals surface area contributed by atoms with E-state index in [4.69, 9.17) is 0 Å². The molecule has 0 fully saturated rings. The normalized spacial score (nSPS) is 13.4. The third-order valence-electron chi connectivity index (χ3n) is 1.42. The quantitative estimate of drug-likeness (QED) is 0.727. The Hall–Kier alpha value is -0.380. The highest BCUT2D eigenvalue weighted by atomic mass is 79.9. The summed E-state index contributed by atoms with van der Waals surface area (Å²) in [5, 5.41) is 7.96.